The molecule has 0 aromatic heterocycles. The van der Waals surface area contributed by atoms with Crippen LogP contribution in [0.15, 0.2) is 36.4 Å². The predicted molar refractivity (Wildman–Crippen MR) is 100 cm³/mol. The van der Waals surface area contributed by atoms with Gasteiger partial charge in [0.05, 0.1) is 6.04 Å². The Morgan fingerprint density at radius 3 is 2.58 bits per heavy atom. The summed E-state index contributed by atoms with van der Waals surface area (Å²) in [6, 6.07) is 10.8. The average Bonchev–Trinajstić information content (AvgIpc) is 2.64. The molecule has 1 N–H and O–H groups in total. The predicted octanol–water partition coefficient (Wildman–Crippen LogP) is 4.06. The fourth-order valence-corrected chi connectivity index (χ4v) is 2.81. The van der Waals surface area contributed by atoms with Crippen LogP contribution < -0.4 is 19.5 Å². The van der Waals surface area contributed by atoms with E-state index < -0.39 is 6.10 Å². The summed E-state index contributed by atoms with van der Waals surface area (Å²) < 4.78 is 16.8. The van der Waals surface area contributed by atoms with E-state index in [0.717, 1.165) is 16.9 Å². The number of ether oxygens (including phenoxy) is 3. The summed E-state index contributed by atoms with van der Waals surface area (Å²) in [7, 11) is 0. The Labute approximate surface area is 158 Å². The van der Waals surface area contributed by atoms with Gasteiger partial charge in [-0.05, 0) is 62.2 Å². The number of aryl methyl sites for hydroxylation is 1. The molecule has 5 nitrogen and oxygen atoms in total. The van der Waals surface area contributed by atoms with Gasteiger partial charge in [-0.15, -0.1) is 0 Å². The highest BCUT2D eigenvalue weighted by atomic mass is 35.5. The molecule has 2 aromatic rings. The summed E-state index contributed by atoms with van der Waals surface area (Å²) in [4.78, 5) is 12.5. The molecular weight excluding hydrogens is 354 g/mol. The minimum atomic E-state index is -0.629. The summed E-state index contributed by atoms with van der Waals surface area (Å²) in [5.41, 5.74) is 1.85. The van der Waals surface area contributed by atoms with Crippen molar-refractivity contribution < 1.29 is 19.0 Å². The molecule has 0 unspecified atom stereocenters. The zero-order chi connectivity index (χ0) is 18.7. The van der Waals surface area contributed by atoms with Gasteiger partial charge in [-0.2, -0.15) is 0 Å². The maximum atomic E-state index is 12.5. The number of carbonyl (C=O) groups excluding carboxylic acids is 1. The first-order valence-electron chi connectivity index (χ1n) is 8.57. The second-order valence-corrected chi connectivity index (χ2v) is 6.71. The second kappa shape index (κ2) is 7.87. The highest BCUT2D eigenvalue weighted by molar-refractivity contribution is 6.31. The molecule has 1 amide bonds. The third-order valence-electron chi connectivity index (χ3n) is 4.24. The van der Waals surface area contributed by atoms with Gasteiger partial charge in [-0.1, -0.05) is 17.7 Å². The Morgan fingerprint density at radius 2 is 1.85 bits per heavy atom. The van der Waals surface area contributed by atoms with Crippen molar-refractivity contribution in [3.63, 3.8) is 0 Å². The Kier molecular flexibility index (Phi) is 5.57. The van der Waals surface area contributed by atoms with Gasteiger partial charge in [0.15, 0.2) is 17.6 Å². The van der Waals surface area contributed by atoms with E-state index in [-0.39, 0.29) is 11.9 Å². The largest absolute Gasteiger partial charge is 0.486 e. The van der Waals surface area contributed by atoms with Crippen molar-refractivity contribution in [3.8, 4) is 17.2 Å². The smallest absolute Gasteiger partial charge is 0.261 e. The van der Waals surface area contributed by atoms with Gasteiger partial charge in [0.25, 0.3) is 5.91 Å². The lowest BCUT2D eigenvalue weighted by Gasteiger charge is -2.22. The van der Waals surface area contributed by atoms with Crippen LogP contribution in [0.5, 0.6) is 17.2 Å². The Bertz CT molecular complexity index is 808. The number of hydrogen-bond acceptors (Lipinski definition) is 4. The molecule has 0 aliphatic carbocycles. The molecule has 0 fully saturated rings. The van der Waals surface area contributed by atoms with E-state index >= 15 is 0 Å². The van der Waals surface area contributed by atoms with Gasteiger partial charge in [0.2, 0.25) is 0 Å². The molecule has 2 aromatic carbocycles. The normalized spacial score (nSPS) is 15.1. The van der Waals surface area contributed by atoms with E-state index in [4.69, 9.17) is 25.8 Å². The van der Waals surface area contributed by atoms with Crippen molar-refractivity contribution in [3.05, 3.63) is 52.5 Å². The van der Waals surface area contributed by atoms with Crippen LogP contribution in [-0.2, 0) is 4.79 Å². The fraction of sp³-hybridized carbons (Fsp3) is 0.350. The summed E-state index contributed by atoms with van der Waals surface area (Å²) in [5.74, 6) is 1.85. The van der Waals surface area contributed by atoms with E-state index in [1.165, 1.54) is 0 Å². The maximum absolute atomic E-state index is 12.5. The monoisotopic (exact) mass is 375 g/mol. The molecule has 1 heterocycles. The third kappa shape index (κ3) is 4.22. The maximum Gasteiger partial charge on any atom is 0.261 e. The molecule has 6 heteroatoms. The molecule has 0 saturated heterocycles. The number of fused-ring (bicyclic) bond motifs is 1. The van der Waals surface area contributed by atoms with Gasteiger partial charge in [-0.3, -0.25) is 4.79 Å². The Balaban J connectivity index is 1.62. The first-order chi connectivity index (χ1) is 12.4. The summed E-state index contributed by atoms with van der Waals surface area (Å²) >= 11 is 6.01. The highest BCUT2D eigenvalue weighted by Gasteiger charge is 2.20. The molecule has 0 spiro atoms. The van der Waals surface area contributed by atoms with Crippen LogP contribution in [0, 0.1) is 6.92 Å². The van der Waals surface area contributed by atoms with Crippen molar-refractivity contribution in [2.75, 3.05) is 13.2 Å². The molecule has 0 bridgehead atoms. The van der Waals surface area contributed by atoms with E-state index in [0.29, 0.717) is 29.7 Å². The molecule has 0 saturated carbocycles. The first-order valence-corrected chi connectivity index (χ1v) is 8.94. The van der Waals surface area contributed by atoms with Crippen LogP contribution in [0.3, 0.4) is 0 Å². The van der Waals surface area contributed by atoms with E-state index in [1.54, 1.807) is 19.1 Å². The number of amides is 1. The molecule has 3 rings (SSSR count). The van der Waals surface area contributed by atoms with Crippen molar-refractivity contribution in [2.45, 2.75) is 32.9 Å². The zero-order valence-electron chi connectivity index (χ0n) is 15.0. The number of carbonyl (C=O) groups is 1. The van der Waals surface area contributed by atoms with Crippen LogP contribution in [0.25, 0.3) is 0 Å². The summed E-state index contributed by atoms with van der Waals surface area (Å²) in [6.45, 7) is 6.61. The highest BCUT2D eigenvalue weighted by Crippen LogP contribution is 2.32. The van der Waals surface area contributed by atoms with Gasteiger partial charge in [0, 0.05) is 5.02 Å². The van der Waals surface area contributed by atoms with E-state index in [9.17, 15) is 4.79 Å². The summed E-state index contributed by atoms with van der Waals surface area (Å²) in [5, 5.41) is 3.63. The molecular formula is C20H22ClNO4. The van der Waals surface area contributed by atoms with Gasteiger partial charge >= 0.3 is 0 Å². The number of nitrogens with one attached hydrogen (secondary N) is 1. The van der Waals surface area contributed by atoms with Gasteiger partial charge in [-0.25, -0.2) is 0 Å². The number of halogens is 1. The lowest BCUT2D eigenvalue weighted by atomic mass is 10.1. The fourth-order valence-electron chi connectivity index (χ4n) is 2.69. The van der Waals surface area contributed by atoms with E-state index in [2.05, 4.69) is 5.32 Å². The molecule has 138 valence electrons. The SMILES string of the molecule is Cc1cc(O[C@H](C)C(=O)N[C@@H](C)c2ccc3c(c2)OCCO3)ccc1Cl. The molecule has 1 aliphatic heterocycles. The quantitative estimate of drug-likeness (QED) is 0.856. The second-order valence-electron chi connectivity index (χ2n) is 6.30. The van der Waals surface area contributed by atoms with Crippen LogP contribution in [0.2, 0.25) is 5.02 Å². The molecule has 2 atom stereocenters. The number of hydrogen-bond donors (Lipinski definition) is 1. The third-order valence-corrected chi connectivity index (χ3v) is 4.66. The van der Waals surface area contributed by atoms with Crippen LogP contribution >= 0.6 is 11.6 Å². The Hall–Kier alpha value is -2.40. The van der Waals surface area contributed by atoms with Gasteiger partial charge in [0.1, 0.15) is 19.0 Å². The lowest BCUT2D eigenvalue weighted by Crippen LogP contribution is -2.37. The number of benzene rings is 2. The Morgan fingerprint density at radius 1 is 1.12 bits per heavy atom. The average molecular weight is 376 g/mol. The van der Waals surface area contributed by atoms with Crippen LogP contribution in [0.1, 0.15) is 31.0 Å². The van der Waals surface area contributed by atoms with Gasteiger partial charge < -0.3 is 19.5 Å². The van der Waals surface area contributed by atoms with Crippen LogP contribution in [0.4, 0.5) is 0 Å². The van der Waals surface area contributed by atoms with Crippen molar-refractivity contribution in [1.29, 1.82) is 0 Å². The van der Waals surface area contributed by atoms with Crippen LogP contribution in [-0.4, -0.2) is 25.2 Å². The summed E-state index contributed by atoms with van der Waals surface area (Å²) in [6.07, 6.45) is -0.629. The van der Waals surface area contributed by atoms with Crippen molar-refractivity contribution >= 4 is 17.5 Å². The first kappa shape index (κ1) is 18.4. The van der Waals surface area contributed by atoms with Crippen molar-refractivity contribution in [2.24, 2.45) is 0 Å². The zero-order valence-corrected chi connectivity index (χ0v) is 15.8. The standard InChI is InChI=1S/C20H22ClNO4/c1-12-10-16(5-6-17(12)21)26-14(3)20(23)22-13(2)15-4-7-18-19(11-15)25-9-8-24-18/h4-7,10-11,13-14H,8-9H2,1-3H3,(H,22,23)/t13-,14+/m0/s1. The molecule has 0 radical (unpaired) electrons. The minimum absolute atomic E-state index is 0.184. The topological polar surface area (TPSA) is 56.8 Å². The molecule has 26 heavy (non-hydrogen) atoms. The van der Waals surface area contributed by atoms with E-state index in [1.807, 2.05) is 38.1 Å². The van der Waals surface area contributed by atoms with Crippen molar-refractivity contribution in [1.82, 2.24) is 5.32 Å². The minimum Gasteiger partial charge on any atom is -0.486 e. The number of rotatable bonds is 5. The lowest BCUT2D eigenvalue weighted by molar-refractivity contribution is -0.127. The molecule has 1 aliphatic rings.